The number of pyridine rings is 1. The predicted molar refractivity (Wildman–Crippen MR) is 102 cm³/mol. The quantitative estimate of drug-likeness (QED) is 0.750. The standard InChI is InChI=1S/C21H20F2N4O/c22-17-4-3-16(18(23)10-17)13-27-8-5-14(6-9-27)19-11-20(28)26-21(25-19)15-2-1-7-24-12-15/h1-4,7,10-12,14H,5-6,8-9,13H2,(H,25,26,28). The third kappa shape index (κ3) is 4.14. The number of halogens is 2. The highest BCUT2D eigenvalue weighted by atomic mass is 19.1. The molecule has 0 spiro atoms. The van der Waals surface area contributed by atoms with E-state index < -0.39 is 11.6 Å². The summed E-state index contributed by atoms with van der Waals surface area (Å²) in [5, 5.41) is 0. The summed E-state index contributed by atoms with van der Waals surface area (Å²) in [6.07, 6.45) is 4.99. The molecule has 5 nitrogen and oxygen atoms in total. The van der Waals surface area contributed by atoms with E-state index in [0.717, 1.165) is 43.3 Å². The van der Waals surface area contributed by atoms with Crippen molar-refractivity contribution in [1.29, 1.82) is 0 Å². The summed E-state index contributed by atoms with van der Waals surface area (Å²) >= 11 is 0. The predicted octanol–water partition coefficient (Wildman–Crippen LogP) is 3.49. The monoisotopic (exact) mass is 382 g/mol. The molecule has 2 aromatic heterocycles. The van der Waals surface area contributed by atoms with Crippen LogP contribution in [0, 0.1) is 11.6 Å². The van der Waals surface area contributed by atoms with Crippen molar-refractivity contribution in [3.05, 3.63) is 82.0 Å². The number of hydrogen-bond donors (Lipinski definition) is 1. The number of rotatable bonds is 4. The maximum Gasteiger partial charge on any atom is 0.251 e. The molecular weight excluding hydrogens is 362 g/mol. The molecule has 0 amide bonds. The van der Waals surface area contributed by atoms with Crippen molar-refractivity contribution in [3.63, 3.8) is 0 Å². The Bertz CT molecular complexity index is 1010. The average Bonchev–Trinajstić information content (AvgIpc) is 2.71. The lowest BCUT2D eigenvalue weighted by Crippen LogP contribution is -2.33. The van der Waals surface area contributed by atoms with Crippen LogP contribution in [0.25, 0.3) is 11.4 Å². The summed E-state index contributed by atoms with van der Waals surface area (Å²) in [5.74, 6) is -0.386. The van der Waals surface area contributed by atoms with Crippen molar-refractivity contribution in [3.8, 4) is 11.4 Å². The lowest BCUT2D eigenvalue weighted by Gasteiger charge is -2.31. The zero-order chi connectivity index (χ0) is 19.5. The Kier molecular flexibility index (Phi) is 5.25. The average molecular weight is 382 g/mol. The van der Waals surface area contributed by atoms with Crippen molar-refractivity contribution < 1.29 is 8.78 Å². The van der Waals surface area contributed by atoms with Crippen LogP contribution in [0.3, 0.4) is 0 Å². The number of aromatic nitrogens is 3. The molecule has 1 aliphatic heterocycles. The van der Waals surface area contributed by atoms with Gasteiger partial charge in [0.25, 0.3) is 5.56 Å². The lowest BCUT2D eigenvalue weighted by atomic mass is 9.93. The van der Waals surface area contributed by atoms with Crippen LogP contribution in [0.1, 0.15) is 30.0 Å². The van der Waals surface area contributed by atoms with Crippen LogP contribution >= 0.6 is 0 Å². The van der Waals surface area contributed by atoms with Gasteiger partial charge in [0.15, 0.2) is 0 Å². The summed E-state index contributed by atoms with van der Waals surface area (Å²) in [5.41, 5.74) is 1.86. The molecule has 0 aliphatic carbocycles. The number of benzene rings is 1. The van der Waals surface area contributed by atoms with E-state index in [2.05, 4.69) is 19.9 Å². The lowest BCUT2D eigenvalue weighted by molar-refractivity contribution is 0.201. The number of aromatic amines is 1. The van der Waals surface area contributed by atoms with Gasteiger partial charge in [-0.2, -0.15) is 0 Å². The van der Waals surface area contributed by atoms with E-state index >= 15 is 0 Å². The van der Waals surface area contributed by atoms with Crippen LogP contribution in [0.5, 0.6) is 0 Å². The second kappa shape index (κ2) is 7.98. The van der Waals surface area contributed by atoms with Crippen molar-refractivity contribution in [1.82, 2.24) is 19.9 Å². The molecule has 1 aliphatic rings. The highest BCUT2D eigenvalue weighted by Gasteiger charge is 2.23. The molecule has 1 N–H and O–H groups in total. The zero-order valence-corrected chi connectivity index (χ0v) is 15.2. The second-order valence-corrected chi connectivity index (χ2v) is 7.05. The van der Waals surface area contributed by atoms with E-state index in [-0.39, 0.29) is 11.5 Å². The summed E-state index contributed by atoms with van der Waals surface area (Å²) in [7, 11) is 0. The first-order valence-electron chi connectivity index (χ1n) is 9.26. The van der Waals surface area contributed by atoms with Gasteiger partial charge in [0.2, 0.25) is 0 Å². The fourth-order valence-electron chi connectivity index (χ4n) is 3.60. The third-order valence-corrected chi connectivity index (χ3v) is 5.11. The Hall–Kier alpha value is -2.93. The number of nitrogens with one attached hydrogen (secondary N) is 1. The van der Waals surface area contributed by atoms with Crippen LogP contribution in [0.15, 0.2) is 53.6 Å². The van der Waals surface area contributed by atoms with Crippen molar-refractivity contribution in [2.75, 3.05) is 13.1 Å². The van der Waals surface area contributed by atoms with Gasteiger partial charge in [-0.3, -0.25) is 14.7 Å². The van der Waals surface area contributed by atoms with Gasteiger partial charge in [0.1, 0.15) is 17.5 Å². The van der Waals surface area contributed by atoms with Gasteiger partial charge in [0, 0.05) is 48.1 Å². The fourth-order valence-corrected chi connectivity index (χ4v) is 3.60. The minimum absolute atomic E-state index is 0.173. The largest absolute Gasteiger partial charge is 0.306 e. The summed E-state index contributed by atoms with van der Waals surface area (Å²) in [6.45, 7) is 1.97. The molecule has 3 heterocycles. The van der Waals surface area contributed by atoms with Gasteiger partial charge in [0.05, 0.1) is 5.69 Å². The van der Waals surface area contributed by atoms with Crippen LogP contribution in [0.4, 0.5) is 8.78 Å². The van der Waals surface area contributed by atoms with Gasteiger partial charge < -0.3 is 4.98 Å². The number of piperidine rings is 1. The Balaban J connectivity index is 1.45. The van der Waals surface area contributed by atoms with Crippen LogP contribution in [-0.4, -0.2) is 32.9 Å². The Morgan fingerprint density at radius 1 is 1.14 bits per heavy atom. The fraction of sp³-hybridized carbons (Fsp3) is 0.286. The molecular formula is C21H20F2N4O. The number of H-pyrrole nitrogens is 1. The van der Waals surface area contributed by atoms with E-state index in [1.165, 1.54) is 12.1 Å². The first-order valence-corrected chi connectivity index (χ1v) is 9.26. The number of likely N-dealkylation sites (tertiary alicyclic amines) is 1. The summed E-state index contributed by atoms with van der Waals surface area (Å²) < 4.78 is 26.9. The highest BCUT2D eigenvalue weighted by molar-refractivity contribution is 5.52. The minimum Gasteiger partial charge on any atom is -0.306 e. The normalized spacial score (nSPS) is 15.6. The topological polar surface area (TPSA) is 61.9 Å². The van der Waals surface area contributed by atoms with Gasteiger partial charge in [-0.05, 0) is 44.1 Å². The SMILES string of the molecule is O=c1cc(C2CCN(Cc3ccc(F)cc3F)CC2)nc(-c2cccnc2)[nH]1. The third-order valence-electron chi connectivity index (χ3n) is 5.11. The molecule has 28 heavy (non-hydrogen) atoms. The molecule has 3 aromatic rings. The zero-order valence-electron chi connectivity index (χ0n) is 15.2. The molecule has 0 saturated carbocycles. The summed E-state index contributed by atoms with van der Waals surface area (Å²) in [4.78, 5) is 25.7. The first kappa shape index (κ1) is 18.4. The molecule has 7 heteroatoms. The van der Waals surface area contributed by atoms with Crippen molar-refractivity contribution >= 4 is 0 Å². The Morgan fingerprint density at radius 3 is 2.68 bits per heavy atom. The first-order chi connectivity index (χ1) is 13.6. The molecule has 0 unspecified atom stereocenters. The molecule has 1 saturated heterocycles. The van der Waals surface area contributed by atoms with Gasteiger partial charge in [-0.15, -0.1) is 0 Å². The van der Waals surface area contributed by atoms with E-state index in [1.54, 1.807) is 24.5 Å². The number of nitrogens with zero attached hydrogens (tertiary/aromatic N) is 3. The van der Waals surface area contributed by atoms with Gasteiger partial charge in [-0.25, -0.2) is 13.8 Å². The second-order valence-electron chi connectivity index (χ2n) is 7.05. The van der Waals surface area contributed by atoms with Gasteiger partial charge >= 0.3 is 0 Å². The number of hydrogen-bond acceptors (Lipinski definition) is 4. The van der Waals surface area contributed by atoms with E-state index in [4.69, 9.17) is 0 Å². The van der Waals surface area contributed by atoms with Gasteiger partial charge in [-0.1, -0.05) is 6.07 Å². The smallest absolute Gasteiger partial charge is 0.251 e. The van der Waals surface area contributed by atoms with E-state index in [9.17, 15) is 13.6 Å². The molecule has 0 radical (unpaired) electrons. The molecule has 1 aromatic carbocycles. The van der Waals surface area contributed by atoms with Crippen LogP contribution < -0.4 is 5.56 Å². The van der Waals surface area contributed by atoms with Crippen molar-refractivity contribution in [2.45, 2.75) is 25.3 Å². The van der Waals surface area contributed by atoms with E-state index in [1.807, 2.05) is 6.07 Å². The van der Waals surface area contributed by atoms with Crippen LogP contribution in [0.2, 0.25) is 0 Å². The summed E-state index contributed by atoms with van der Waals surface area (Å²) in [6, 6.07) is 8.91. The van der Waals surface area contributed by atoms with Crippen molar-refractivity contribution in [2.24, 2.45) is 0 Å². The Morgan fingerprint density at radius 2 is 1.96 bits per heavy atom. The maximum atomic E-state index is 13.9. The Labute approximate surface area is 161 Å². The maximum absolute atomic E-state index is 13.9. The molecule has 4 rings (SSSR count). The molecule has 0 atom stereocenters. The van der Waals surface area contributed by atoms with E-state index in [0.29, 0.717) is 17.9 Å². The molecule has 0 bridgehead atoms. The van der Waals surface area contributed by atoms with Crippen LogP contribution in [-0.2, 0) is 6.54 Å². The molecule has 144 valence electrons. The highest BCUT2D eigenvalue weighted by Crippen LogP contribution is 2.28. The minimum atomic E-state index is -0.565. The molecule has 1 fully saturated rings.